The first-order valence-electron chi connectivity index (χ1n) is 9.04. The van der Waals surface area contributed by atoms with Crippen LogP contribution in [0, 0.1) is 0 Å². The summed E-state index contributed by atoms with van der Waals surface area (Å²) in [6.07, 6.45) is 7.38. The quantitative estimate of drug-likeness (QED) is 0.754. The Morgan fingerprint density at radius 1 is 1.31 bits per heavy atom. The van der Waals surface area contributed by atoms with Gasteiger partial charge in [-0.3, -0.25) is 9.48 Å². The summed E-state index contributed by atoms with van der Waals surface area (Å²) >= 11 is 0. The monoisotopic (exact) mass is 357 g/mol. The normalized spacial score (nSPS) is 25.1. The molecule has 1 amide bonds. The van der Waals surface area contributed by atoms with Crippen molar-refractivity contribution in [3.05, 3.63) is 30.7 Å². The molecular weight excluding hydrogens is 334 g/mol. The second-order valence-corrected chi connectivity index (χ2v) is 7.03. The van der Waals surface area contributed by atoms with Crippen LogP contribution < -0.4 is 10.2 Å². The van der Waals surface area contributed by atoms with Crippen LogP contribution in [-0.2, 0) is 11.3 Å². The van der Waals surface area contributed by atoms with Gasteiger partial charge in [-0.15, -0.1) is 0 Å². The van der Waals surface area contributed by atoms with Gasteiger partial charge in [-0.2, -0.15) is 5.10 Å². The number of nitrogens with one attached hydrogen (secondary N) is 1. The van der Waals surface area contributed by atoms with Gasteiger partial charge in [0.2, 0.25) is 5.91 Å². The SMILES string of the molecule is O=C(CCn1cncn1)NC1CC(c2cc(N3CC[C@@H](O)C3)ncn2)C1. The molecule has 1 atom stereocenters. The highest BCUT2D eigenvalue weighted by molar-refractivity contribution is 5.76. The first-order chi connectivity index (χ1) is 12.7. The van der Waals surface area contributed by atoms with Crippen LogP contribution in [0.2, 0.25) is 0 Å². The van der Waals surface area contributed by atoms with Crippen LogP contribution in [0.1, 0.15) is 37.3 Å². The summed E-state index contributed by atoms with van der Waals surface area (Å²) in [5.41, 5.74) is 1.02. The molecule has 2 aromatic rings. The number of aryl methyl sites for hydroxylation is 1. The number of anilines is 1. The molecule has 0 aromatic carbocycles. The molecule has 0 radical (unpaired) electrons. The molecule has 1 aliphatic carbocycles. The second-order valence-electron chi connectivity index (χ2n) is 7.03. The van der Waals surface area contributed by atoms with Gasteiger partial charge in [0.25, 0.3) is 0 Å². The van der Waals surface area contributed by atoms with Crippen molar-refractivity contribution in [2.75, 3.05) is 18.0 Å². The van der Waals surface area contributed by atoms with E-state index in [1.165, 1.54) is 6.33 Å². The molecule has 26 heavy (non-hydrogen) atoms. The Labute approximate surface area is 151 Å². The third kappa shape index (κ3) is 3.82. The van der Waals surface area contributed by atoms with E-state index < -0.39 is 0 Å². The molecule has 3 heterocycles. The molecule has 0 spiro atoms. The van der Waals surface area contributed by atoms with Crippen molar-refractivity contribution in [1.82, 2.24) is 30.0 Å². The maximum absolute atomic E-state index is 12.0. The molecule has 9 nitrogen and oxygen atoms in total. The third-order valence-electron chi connectivity index (χ3n) is 5.12. The first kappa shape index (κ1) is 16.9. The fourth-order valence-corrected chi connectivity index (χ4v) is 3.55. The fraction of sp³-hybridized carbons (Fsp3) is 0.588. The number of β-amino-alcohol motifs (C(OH)–C–C–N with tert-alkyl or cyclic N) is 1. The minimum atomic E-state index is -0.269. The van der Waals surface area contributed by atoms with Gasteiger partial charge in [0, 0.05) is 43.2 Å². The minimum absolute atomic E-state index is 0.0402. The number of rotatable bonds is 6. The number of hydrogen-bond acceptors (Lipinski definition) is 7. The molecular formula is C17H23N7O2. The zero-order chi connectivity index (χ0) is 17.9. The number of nitrogens with zero attached hydrogens (tertiary/aromatic N) is 6. The van der Waals surface area contributed by atoms with Crippen LogP contribution in [-0.4, -0.2) is 61.0 Å². The molecule has 0 unspecified atom stereocenters. The van der Waals surface area contributed by atoms with Crippen molar-refractivity contribution in [3.8, 4) is 0 Å². The maximum Gasteiger partial charge on any atom is 0.222 e. The summed E-state index contributed by atoms with van der Waals surface area (Å²) in [5.74, 6) is 1.27. The largest absolute Gasteiger partial charge is 0.391 e. The summed E-state index contributed by atoms with van der Waals surface area (Å²) in [7, 11) is 0. The Morgan fingerprint density at radius 2 is 2.19 bits per heavy atom. The zero-order valence-electron chi connectivity index (χ0n) is 14.5. The molecule has 1 aliphatic heterocycles. The zero-order valence-corrected chi connectivity index (χ0v) is 14.5. The molecule has 1 saturated carbocycles. The van der Waals surface area contributed by atoms with Gasteiger partial charge in [0.05, 0.1) is 12.6 Å². The topological polar surface area (TPSA) is 109 Å². The van der Waals surface area contributed by atoms with E-state index in [1.54, 1.807) is 17.3 Å². The highest BCUT2D eigenvalue weighted by atomic mass is 16.3. The summed E-state index contributed by atoms with van der Waals surface area (Å²) in [5, 5.41) is 16.7. The lowest BCUT2D eigenvalue weighted by Gasteiger charge is -2.35. The van der Waals surface area contributed by atoms with Crippen molar-refractivity contribution >= 4 is 11.7 Å². The van der Waals surface area contributed by atoms with Crippen LogP contribution in [0.4, 0.5) is 5.82 Å². The van der Waals surface area contributed by atoms with E-state index in [0.29, 0.717) is 25.4 Å². The van der Waals surface area contributed by atoms with Crippen molar-refractivity contribution in [1.29, 1.82) is 0 Å². The number of aromatic nitrogens is 5. The highest BCUT2D eigenvalue weighted by Gasteiger charge is 2.33. The van der Waals surface area contributed by atoms with Crippen LogP contribution >= 0.6 is 0 Å². The van der Waals surface area contributed by atoms with E-state index in [1.807, 2.05) is 6.07 Å². The highest BCUT2D eigenvalue weighted by Crippen LogP contribution is 2.36. The van der Waals surface area contributed by atoms with Gasteiger partial charge in [0.15, 0.2) is 0 Å². The lowest BCUT2D eigenvalue weighted by Crippen LogP contribution is -2.43. The lowest BCUT2D eigenvalue weighted by molar-refractivity contribution is -0.122. The molecule has 0 bridgehead atoms. The van der Waals surface area contributed by atoms with E-state index in [2.05, 4.69) is 30.3 Å². The number of aliphatic hydroxyl groups is 1. The van der Waals surface area contributed by atoms with E-state index in [-0.39, 0.29) is 18.1 Å². The van der Waals surface area contributed by atoms with Gasteiger partial charge in [0.1, 0.15) is 24.8 Å². The Hall–Kier alpha value is -2.55. The second kappa shape index (κ2) is 7.36. The van der Waals surface area contributed by atoms with Crippen molar-refractivity contribution in [3.63, 3.8) is 0 Å². The summed E-state index contributed by atoms with van der Waals surface area (Å²) < 4.78 is 1.65. The smallest absolute Gasteiger partial charge is 0.222 e. The van der Waals surface area contributed by atoms with Gasteiger partial charge in [-0.05, 0) is 19.3 Å². The van der Waals surface area contributed by atoms with Gasteiger partial charge in [-0.25, -0.2) is 15.0 Å². The van der Waals surface area contributed by atoms with Gasteiger partial charge < -0.3 is 15.3 Å². The number of hydrogen-bond donors (Lipinski definition) is 2. The van der Waals surface area contributed by atoms with Crippen LogP contribution in [0.5, 0.6) is 0 Å². The minimum Gasteiger partial charge on any atom is -0.391 e. The van der Waals surface area contributed by atoms with Crippen molar-refractivity contribution in [2.24, 2.45) is 0 Å². The summed E-state index contributed by atoms with van der Waals surface area (Å²) in [4.78, 5) is 26.7. The van der Waals surface area contributed by atoms with E-state index in [4.69, 9.17) is 0 Å². The number of carbonyl (C=O) groups is 1. The number of aliphatic hydroxyl groups excluding tert-OH is 1. The molecule has 9 heteroatoms. The molecule has 2 aromatic heterocycles. The maximum atomic E-state index is 12.0. The Balaban J connectivity index is 1.25. The molecule has 2 fully saturated rings. The molecule has 2 aliphatic rings. The predicted molar refractivity (Wildman–Crippen MR) is 93.4 cm³/mol. The first-order valence-corrected chi connectivity index (χ1v) is 9.04. The fourth-order valence-electron chi connectivity index (χ4n) is 3.55. The van der Waals surface area contributed by atoms with Crippen molar-refractivity contribution in [2.45, 2.75) is 50.3 Å². The Kier molecular flexibility index (Phi) is 4.79. The van der Waals surface area contributed by atoms with Crippen LogP contribution in [0.15, 0.2) is 25.0 Å². The molecule has 1 saturated heterocycles. The molecule has 4 rings (SSSR count). The average Bonchev–Trinajstić information content (AvgIpc) is 3.27. The lowest BCUT2D eigenvalue weighted by atomic mass is 9.78. The Bertz CT molecular complexity index is 745. The predicted octanol–water partition coefficient (Wildman–Crippen LogP) is 0.0916. The van der Waals surface area contributed by atoms with Gasteiger partial charge >= 0.3 is 0 Å². The molecule has 2 N–H and O–H groups in total. The molecule has 138 valence electrons. The summed E-state index contributed by atoms with van der Waals surface area (Å²) in [6.45, 7) is 2.00. The Morgan fingerprint density at radius 3 is 2.92 bits per heavy atom. The van der Waals surface area contributed by atoms with Crippen LogP contribution in [0.3, 0.4) is 0 Å². The van der Waals surface area contributed by atoms with E-state index in [0.717, 1.165) is 37.3 Å². The standard InChI is InChI=1S/C17H23N7O2/c25-14-1-3-23(8-14)16-7-15(19-10-20-16)12-5-13(6-12)22-17(26)2-4-24-11-18-9-21-24/h7,9-14,25H,1-6,8H2,(H,22,26)/t12?,13?,14-/m1/s1. The summed E-state index contributed by atoms with van der Waals surface area (Å²) in [6, 6.07) is 2.22. The number of amides is 1. The van der Waals surface area contributed by atoms with E-state index in [9.17, 15) is 9.90 Å². The average molecular weight is 357 g/mol. The van der Waals surface area contributed by atoms with Crippen LogP contribution in [0.25, 0.3) is 0 Å². The van der Waals surface area contributed by atoms with Gasteiger partial charge in [-0.1, -0.05) is 0 Å². The number of carbonyl (C=O) groups excluding carboxylic acids is 1. The van der Waals surface area contributed by atoms with E-state index >= 15 is 0 Å². The third-order valence-corrected chi connectivity index (χ3v) is 5.12. The van der Waals surface area contributed by atoms with Crippen molar-refractivity contribution < 1.29 is 9.90 Å².